The summed E-state index contributed by atoms with van der Waals surface area (Å²) in [6.45, 7) is 6.28. The van der Waals surface area contributed by atoms with Gasteiger partial charge in [0.05, 0.1) is 5.69 Å². The van der Waals surface area contributed by atoms with Crippen molar-refractivity contribution >= 4 is 28.8 Å². The zero-order valence-corrected chi connectivity index (χ0v) is 15.8. The number of aliphatic imine (C=N–C) groups is 2. The number of halogens is 1. The molecular weight excluding hydrogens is 332 g/mol. The molecule has 3 heterocycles. The van der Waals surface area contributed by atoms with Crippen molar-refractivity contribution in [1.82, 2.24) is 9.80 Å². The highest BCUT2D eigenvalue weighted by Crippen LogP contribution is 2.34. The molecule has 132 valence electrons. The predicted molar refractivity (Wildman–Crippen MR) is 105 cm³/mol. The fourth-order valence-electron chi connectivity index (χ4n) is 3.78. The number of hydrogen-bond acceptors (Lipinski definition) is 4. The second kappa shape index (κ2) is 6.93. The van der Waals surface area contributed by atoms with Crippen molar-refractivity contribution in [2.45, 2.75) is 32.6 Å². The summed E-state index contributed by atoms with van der Waals surface area (Å²) in [6.07, 6.45) is 4.21. The van der Waals surface area contributed by atoms with E-state index in [2.05, 4.69) is 35.9 Å². The zero-order chi connectivity index (χ0) is 17.4. The maximum atomic E-state index is 6.23. The van der Waals surface area contributed by atoms with Crippen LogP contribution in [-0.4, -0.2) is 54.6 Å². The molecule has 1 fully saturated rings. The highest BCUT2D eigenvalue weighted by atomic mass is 35.5. The minimum absolute atomic E-state index is 0.794. The van der Waals surface area contributed by atoms with Crippen molar-refractivity contribution in [3.8, 4) is 0 Å². The summed E-state index contributed by atoms with van der Waals surface area (Å²) in [5.74, 6) is 1.06. The summed E-state index contributed by atoms with van der Waals surface area (Å²) < 4.78 is 0. The monoisotopic (exact) mass is 356 g/mol. The summed E-state index contributed by atoms with van der Waals surface area (Å²) in [5.41, 5.74) is 6.10. The SMILES string of the molecule is CC1=NC2=C(CC1)CCc1cc(Cl)ccc1N=C2N1CCN(C)CC1. The van der Waals surface area contributed by atoms with Crippen LogP contribution >= 0.6 is 11.6 Å². The third kappa shape index (κ3) is 3.51. The van der Waals surface area contributed by atoms with Gasteiger partial charge in [0.25, 0.3) is 0 Å². The van der Waals surface area contributed by atoms with Gasteiger partial charge in [0.1, 0.15) is 5.70 Å². The molecule has 1 saturated heterocycles. The minimum Gasteiger partial charge on any atom is -0.352 e. The maximum absolute atomic E-state index is 6.23. The van der Waals surface area contributed by atoms with Gasteiger partial charge in [-0.2, -0.15) is 0 Å². The molecule has 1 aromatic rings. The van der Waals surface area contributed by atoms with E-state index in [1.54, 1.807) is 0 Å². The number of hydrogen-bond donors (Lipinski definition) is 0. The largest absolute Gasteiger partial charge is 0.352 e. The summed E-state index contributed by atoms with van der Waals surface area (Å²) in [6, 6.07) is 6.07. The molecule has 0 aliphatic carbocycles. The van der Waals surface area contributed by atoms with Crippen LogP contribution in [0.25, 0.3) is 0 Å². The molecule has 3 aliphatic rings. The van der Waals surface area contributed by atoms with Crippen molar-refractivity contribution < 1.29 is 0 Å². The van der Waals surface area contributed by atoms with Crippen LogP contribution in [-0.2, 0) is 6.42 Å². The van der Waals surface area contributed by atoms with Crippen LogP contribution in [0.15, 0.2) is 39.5 Å². The van der Waals surface area contributed by atoms with E-state index in [4.69, 9.17) is 21.6 Å². The molecule has 0 unspecified atom stereocenters. The highest BCUT2D eigenvalue weighted by Gasteiger charge is 2.26. The van der Waals surface area contributed by atoms with Crippen LogP contribution in [0, 0.1) is 0 Å². The molecule has 5 heteroatoms. The number of benzene rings is 1. The van der Waals surface area contributed by atoms with Gasteiger partial charge in [-0.1, -0.05) is 11.6 Å². The second-order valence-electron chi connectivity index (χ2n) is 7.30. The lowest BCUT2D eigenvalue weighted by Crippen LogP contribution is -2.48. The lowest BCUT2D eigenvalue weighted by atomic mass is 9.93. The average molecular weight is 357 g/mol. The van der Waals surface area contributed by atoms with E-state index >= 15 is 0 Å². The van der Waals surface area contributed by atoms with E-state index in [0.717, 1.165) is 74.1 Å². The van der Waals surface area contributed by atoms with Crippen LogP contribution in [0.1, 0.15) is 31.7 Å². The van der Waals surface area contributed by atoms with Crippen molar-refractivity contribution in [1.29, 1.82) is 0 Å². The predicted octanol–water partition coefficient (Wildman–Crippen LogP) is 4.07. The van der Waals surface area contributed by atoms with Gasteiger partial charge in [-0.25, -0.2) is 4.99 Å². The molecule has 0 atom stereocenters. The second-order valence-corrected chi connectivity index (χ2v) is 7.73. The first-order chi connectivity index (χ1) is 12.1. The molecule has 0 radical (unpaired) electrons. The number of likely N-dealkylation sites (N-methyl/N-ethyl adjacent to an activating group) is 1. The first kappa shape index (κ1) is 16.8. The molecule has 0 bridgehead atoms. The Kier molecular flexibility index (Phi) is 4.65. The molecule has 0 spiro atoms. The highest BCUT2D eigenvalue weighted by molar-refractivity contribution is 6.30. The van der Waals surface area contributed by atoms with Gasteiger partial charge >= 0.3 is 0 Å². The summed E-state index contributed by atoms with van der Waals surface area (Å²) in [4.78, 5) is 14.9. The molecule has 3 aliphatic heterocycles. The third-order valence-electron chi connectivity index (χ3n) is 5.40. The van der Waals surface area contributed by atoms with Gasteiger partial charge in [-0.3, -0.25) is 4.99 Å². The molecule has 1 aromatic carbocycles. The number of aryl methyl sites for hydroxylation is 1. The number of fused-ring (bicyclic) bond motifs is 1. The summed E-state index contributed by atoms with van der Waals surface area (Å²) in [5, 5.41) is 0.794. The van der Waals surface area contributed by atoms with Gasteiger partial charge in [-0.15, -0.1) is 0 Å². The zero-order valence-electron chi connectivity index (χ0n) is 15.1. The topological polar surface area (TPSA) is 31.2 Å². The Labute approximate surface area is 154 Å². The Morgan fingerprint density at radius 2 is 1.72 bits per heavy atom. The Morgan fingerprint density at radius 1 is 0.960 bits per heavy atom. The molecule has 0 saturated carbocycles. The van der Waals surface area contributed by atoms with E-state index in [9.17, 15) is 0 Å². The van der Waals surface area contributed by atoms with Gasteiger partial charge in [0.2, 0.25) is 0 Å². The fourth-order valence-corrected chi connectivity index (χ4v) is 3.98. The normalized spacial score (nSPS) is 21.8. The van der Waals surface area contributed by atoms with Gasteiger partial charge < -0.3 is 9.80 Å². The van der Waals surface area contributed by atoms with Gasteiger partial charge in [0.15, 0.2) is 5.84 Å². The Bertz CT molecular complexity index is 770. The number of nitrogens with zero attached hydrogens (tertiary/aromatic N) is 4. The van der Waals surface area contributed by atoms with E-state index < -0.39 is 0 Å². The molecule has 0 aromatic heterocycles. The van der Waals surface area contributed by atoms with Crippen LogP contribution in [0.2, 0.25) is 5.02 Å². The summed E-state index contributed by atoms with van der Waals surface area (Å²) in [7, 11) is 2.18. The molecule has 0 amide bonds. The van der Waals surface area contributed by atoms with Crippen molar-refractivity contribution in [3.05, 3.63) is 40.1 Å². The molecule has 25 heavy (non-hydrogen) atoms. The third-order valence-corrected chi connectivity index (χ3v) is 5.64. The fraction of sp³-hybridized carbons (Fsp3) is 0.500. The van der Waals surface area contributed by atoms with Gasteiger partial charge in [0, 0.05) is 36.9 Å². The number of rotatable bonds is 0. The van der Waals surface area contributed by atoms with Crippen LogP contribution in [0.3, 0.4) is 0 Å². The van der Waals surface area contributed by atoms with Crippen LogP contribution in [0.4, 0.5) is 5.69 Å². The first-order valence-corrected chi connectivity index (χ1v) is 9.55. The lowest BCUT2D eigenvalue weighted by Gasteiger charge is -2.36. The average Bonchev–Trinajstić information content (AvgIpc) is 2.59. The van der Waals surface area contributed by atoms with Gasteiger partial charge in [-0.05, 0) is 69.0 Å². The standard InChI is InChI=1S/C20H25ClN4/c1-14-3-4-15-5-6-16-13-17(21)7-8-18(16)23-20(19(15)22-14)25-11-9-24(2)10-12-25/h7-8,13H,3-6,9-12H2,1-2H3. The van der Waals surface area contributed by atoms with E-state index in [0.29, 0.717) is 0 Å². The minimum atomic E-state index is 0.794. The number of amidine groups is 1. The van der Waals surface area contributed by atoms with E-state index in [1.165, 1.54) is 16.8 Å². The first-order valence-electron chi connectivity index (χ1n) is 9.17. The maximum Gasteiger partial charge on any atom is 0.155 e. The number of allylic oxidation sites excluding steroid dienone is 1. The molecular formula is C20H25ClN4. The Hall–Kier alpha value is -1.65. The van der Waals surface area contributed by atoms with Crippen molar-refractivity contribution in [2.24, 2.45) is 9.98 Å². The quantitative estimate of drug-likeness (QED) is 0.701. The van der Waals surface area contributed by atoms with E-state index in [1.807, 2.05) is 6.07 Å². The molecule has 4 rings (SSSR count). The number of piperazine rings is 1. The smallest absolute Gasteiger partial charge is 0.155 e. The molecule has 4 nitrogen and oxygen atoms in total. The van der Waals surface area contributed by atoms with E-state index in [-0.39, 0.29) is 0 Å². The van der Waals surface area contributed by atoms with Crippen LogP contribution < -0.4 is 0 Å². The van der Waals surface area contributed by atoms with Crippen molar-refractivity contribution in [2.75, 3.05) is 33.2 Å². The lowest BCUT2D eigenvalue weighted by molar-refractivity contribution is 0.215. The molecule has 0 N–H and O–H groups in total. The Morgan fingerprint density at radius 3 is 2.52 bits per heavy atom. The Balaban J connectivity index is 1.81. The van der Waals surface area contributed by atoms with Crippen LogP contribution in [0.5, 0.6) is 0 Å². The summed E-state index contributed by atoms with van der Waals surface area (Å²) >= 11 is 6.23. The van der Waals surface area contributed by atoms with Crippen molar-refractivity contribution in [3.63, 3.8) is 0 Å².